The van der Waals surface area contributed by atoms with E-state index in [9.17, 15) is 8.78 Å². The standard InChI is InChI=1S/C12H8F2O2/c13-9-6-7(4-5-10(9)15)8-2-1-3-11(16)12(8)14/h1-6,15-16H. The molecule has 4 heteroatoms. The van der Waals surface area contributed by atoms with Gasteiger partial charge in [-0.25, -0.2) is 8.78 Å². The quantitative estimate of drug-likeness (QED) is 0.778. The lowest BCUT2D eigenvalue weighted by atomic mass is 10.0. The van der Waals surface area contributed by atoms with Gasteiger partial charge in [-0.2, -0.15) is 0 Å². The molecule has 2 aromatic rings. The summed E-state index contributed by atoms with van der Waals surface area (Å²) in [6.45, 7) is 0. The van der Waals surface area contributed by atoms with Gasteiger partial charge in [-0.15, -0.1) is 0 Å². The Morgan fingerprint density at radius 1 is 0.875 bits per heavy atom. The molecule has 0 aliphatic rings. The van der Waals surface area contributed by atoms with Gasteiger partial charge in [0.25, 0.3) is 0 Å². The van der Waals surface area contributed by atoms with E-state index >= 15 is 0 Å². The molecule has 0 unspecified atom stereocenters. The first-order valence-corrected chi connectivity index (χ1v) is 4.56. The molecule has 0 atom stereocenters. The predicted octanol–water partition coefficient (Wildman–Crippen LogP) is 3.04. The minimum Gasteiger partial charge on any atom is -0.505 e. The number of hydrogen-bond donors (Lipinski definition) is 2. The Kier molecular flexibility index (Phi) is 2.48. The third-order valence-corrected chi connectivity index (χ3v) is 2.24. The molecule has 2 rings (SSSR count). The fourth-order valence-corrected chi connectivity index (χ4v) is 1.42. The molecule has 0 saturated carbocycles. The number of hydrogen-bond acceptors (Lipinski definition) is 2. The molecule has 0 amide bonds. The summed E-state index contributed by atoms with van der Waals surface area (Å²) in [4.78, 5) is 0. The Hall–Kier alpha value is -2.10. The second-order valence-corrected chi connectivity index (χ2v) is 3.30. The van der Waals surface area contributed by atoms with Crippen LogP contribution in [0.3, 0.4) is 0 Å². The maximum Gasteiger partial charge on any atom is 0.172 e. The number of phenols is 2. The van der Waals surface area contributed by atoms with Crippen molar-refractivity contribution in [1.82, 2.24) is 0 Å². The van der Waals surface area contributed by atoms with Crippen molar-refractivity contribution in [2.24, 2.45) is 0 Å². The van der Waals surface area contributed by atoms with Crippen molar-refractivity contribution >= 4 is 0 Å². The van der Waals surface area contributed by atoms with Crippen LogP contribution in [0.5, 0.6) is 11.5 Å². The smallest absolute Gasteiger partial charge is 0.172 e. The molecule has 0 radical (unpaired) electrons. The normalized spacial score (nSPS) is 10.4. The molecule has 0 aliphatic heterocycles. The van der Waals surface area contributed by atoms with Gasteiger partial charge in [0.05, 0.1) is 0 Å². The summed E-state index contributed by atoms with van der Waals surface area (Å²) in [6.07, 6.45) is 0. The maximum absolute atomic E-state index is 13.5. The first-order chi connectivity index (χ1) is 7.59. The molecule has 0 spiro atoms. The SMILES string of the molecule is Oc1ccc(-c2cccc(O)c2F)cc1F. The second-order valence-electron chi connectivity index (χ2n) is 3.30. The molecule has 0 saturated heterocycles. The Bertz CT molecular complexity index is 539. The van der Waals surface area contributed by atoms with Crippen LogP contribution in [-0.2, 0) is 0 Å². The maximum atomic E-state index is 13.5. The number of phenolic OH excluding ortho intramolecular Hbond substituents is 2. The van der Waals surface area contributed by atoms with E-state index in [-0.39, 0.29) is 11.1 Å². The number of aromatic hydroxyl groups is 2. The van der Waals surface area contributed by atoms with Gasteiger partial charge < -0.3 is 10.2 Å². The third kappa shape index (κ3) is 1.69. The first kappa shape index (κ1) is 10.4. The predicted molar refractivity (Wildman–Crippen MR) is 55.1 cm³/mol. The molecule has 0 aromatic heterocycles. The van der Waals surface area contributed by atoms with E-state index in [0.29, 0.717) is 0 Å². The molecule has 82 valence electrons. The summed E-state index contributed by atoms with van der Waals surface area (Å²) in [5.41, 5.74) is 0.336. The Morgan fingerprint density at radius 2 is 1.62 bits per heavy atom. The van der Waals surface area contributed by atoms with Crippen molar-refractivity contribution in [1.29, 1.82) is 0 Å². The zero-order valence-electron chi connectivity index (χ0n) is 8.11. The number of rotatable bonds is 1. The fourth-order valence-electron chi connectivity index (χ4n) is 1.42. The van der Waals surface area contributed by atoms with Crippen LogP contribution in [0.25, 0.3) is 11.1 Å². The largest absolute Gasteiger partial charge is 0.505 e. The van der Waals surface area contributed by atoms with E-state index in [1.165, 1.54) is 24.3 Å². The van der Waals surface area contributed by atoms with E-state index in [4.69, 9.17) is 10.2 Å². The van der Waals surface area contributed by atoms with E-state index in [1.807, 2.05) is 0 Å². The summed E-state index contributed by atoms with van der Waals surface area (Å²) < 4.78 is 26.5. The van der Waals surface area contributed by atoms with Gasteiger partial charge in [0.15, 0.2) is 23.1 Å². The molecular formula is C12H8F2O2. The van der Waals surface area contributed by atoms with Gasteiger partial charge in [0.1, 0.15) is 0 Å². The molecule has 0 heterocycles. The van der Waals surface area contributed by atoms with Gasteiger partial charge >= 0.3 is 0 Å². The highest BCUT2D eigenvalue weighted by molar-refractivity contribution is 5.66. The highest BCUT2D eigenvalue weighted by Crippen LogP contribution is 2.30. The van der Waals surface area contributed by atoms with Crippen LogP contribution < -0.4 is 0 Å². The Labute approximate surface area is 90.4 Å². The van der Waals surface area contributed by atoms with Gasteiger partial charge in [-0.1, -0.05) is 18.2 Å². The lowest BCUT2D eigenvalue weighted by Crippen LogP contribution is -1.86. The summed E-state index contributed by atoms with van der Waals surface area (Å²) in [5.74, 6) is -2.64. The van der Waals surface area contributed by atoms with Crippen molar-refractivity contribution in [2.45, 2.75) is 0 Å². The summed E-state index contributed by atoms with van der Waals surface area (Å²) >= 11 is 0. The van der Waals surface area contributed by atoms with E-state index < -0.39 is 23.1 Å². The lowest BCUT2D eigenvalue weighted by molar-refractivity contribution is 0.431. The minimum atomic E-state index is -0.833. The lowest BCUT2D eigenvalue weighted by Gasteiger charge is -2.05. The summed E-state index contributed by atoms with van der Waals surface area (Å²) in [5, 5.41) is 18.2. The van der Waals surface area contributed by atoms with Crippen molar-refractivity contribution < 1.29 is 19.0 Å². The van der Waals surface area contributed by atoms with E-state index in [2.05, 4.69) is 0 Å². The molecular weight excluding hydrogens is 214 g/mol. The molecule has 2 N–H and O–H groups in total. The highest BCUT2D eigenvalue weighted by Gasteiger charge is 2.10. The second kappa shape index (κ2) is 3.81. The van der Waals surface area contributed by atoms with Gasteiger partial charge in [-0.3, -0.25) is 0 Å². The summed E-state index contributed by atoms with van der Waals surface area (Å²) in [7, 11) is 0. The molecule has 2 nitrogen and oxygen atoms in total. The van der Waals surface area contributed by atoms with Crippen LogP contribution in [0.1, 0.15) is 0 Å². The van der Waals surface area contributed by atoms with Crippen LogP contribution in [0.15, 0.2) is 36.4 Å². The van der Waals surface area contributed by atoms with Crippen LogP contribution in [0, 0.1) is 11.6 Å². The topological polar surface area (TPSA) is 40.5 Å². The van der Waals surface area contributed by atoms with E-state index in [0.717, 1.165) is 12.1 Å². The molecule has 2 aromatic carbocycles. The van der Waals surface area contributed by atoms with Crippen LogP contribution in [0.2, 0.25) is 0 Å². The number of benzene rings is 2. The van der Waals surface area contributed by atoms with Crippen molar-refractivity contribution in [3.8, 4) is 22.6 Å². The summed E-state index contributed by atoms with van der Waals surface area (Å²) in [6, 6.07) is 7.59. The van der Waals surface area contributed by atoms with Gasteiger partial charge in [-0.05, 0) is 23.8 Å². The van der Waals surface area contributed by atoms with Crippen LogP contribution in [-0.4, -0.2) is 10.2 Å². The molecule has 0 fully saturated rings. The van der Waals surface area contributed by atoms with Crippen molar-refractivity contribution in [3.05, 3.63) is 48.0 Å². The minimum absolute atomic E-state index is 0.0823. The van der Waals surface area contributed by atoms with Gasteiger partial charge in [0, 0.05) is 5.56 Å². The van der Waals surface area contributed by atoms with Crippen molar-refractivity contribution in [2.75, 3.05) is 0 Å². The molecule has 0 bridgehead atoms. The monoisotopic (exact) mass is 222 g/mol. The van der Waals surface area contributed by atoms with Gasteiger partial charge in [0.2, 0.25) is 0 Å². The van der Waals surface area contributed by atoms with Crippen molar-refractivity contribution in [3.63, 3.8) is 0 Å². The Morgan fingerprint density at radius 3 is 2.31 bits per heavy atom. The van der Waals surface area contributed by atoms with Crippen LogP contribution >= 0.6 is 0 Å². The average Bonchev–Trinajstić information content (AvgIpc) is 2.26. The highest BCUT2D eigenvalue weighted by atomic mass is 19.1. The molecule has 0 aliphatic carbocycles. The first-order valence-electron chi connectivity index (χ1n) is 4.56. The Balaban J connectivity index is 2.59. The zero-order valence-corrected chi connectivity index (χ0v) is 8.11. The van der Waals surface area contributed by atoms with Crippen LogP contribution in [0.4, 0.5) is 8.78 Å². The number of halogens is 2. The molecule has 16 heavy (non-hydrogen) atoms. The third-order valence-electron chi connectivity index (χ3n) is 2.24. The zero-order chi connectivity index (χ0) is 11.7. The average molecular weight is 222 g/mol. The van der Waals surface area contributed by atoms with E-state index in [1.54, 1.807) is 0 Å². The fraction of sp³-hybridized carbons (Fsp3) is 0.